The second-order valence-corrected chi connectivity index (χ2v) is 11.5. The van der Waals surface area contributed by atoms with Gasteiger partial charge in [0.1, 0.15) is 36.8 Å². The second-order valence-electron chi connectivity index (χ2n) is 11.5. The molecule has 0 spiro atoms. The van der Waals surface area contributed by atoms with Crippen LogP contribution in [0.1, 0.15) is 83.3 Å². The van der Waals surface area contributed by atoms with Crippen LogP contribution in [0.2, 0.25) is 0 Å². The van der Waals surface area contributed by atoms with Crippen molar-refractivity contribution in [3.63, 3.8) is 0 Å². The first-order chi connectivity index (χ1) is 22.8. The Hall–Kier alpha value is -5.11. The van der Waals surface area contributed by atoms with Crippen LogP contribution in [-0.2, 0) is 33.6 Å². The number of carbonyl (C=O) groups is 6. The van der Waals surface area contributed by atoms with E-state index >= 15 is 0 Å². The topological polar surface area (TPSA) is 281 Å². The molecule has 0 fully saturated rings. The SMILES string of the molecule is CC(=O)N[C@@H](CCCO/N=C/c1cncc(C#N)c1)C(=O)N[C@@H](CCCCN)C(=O)N[C@@H](CC(C)C)C(=O)N[C@@H](CCC(=O)O)C(N)=O. The van der Waals surface area contributed by atoms with Gasteiger partial charge in [-0.25, -0.2) is 0 Å². The molecule has 0 saturated heterocycles. The summed E-state index contributed by atoms with van der Waals surface area (Å²) in [5, 5.41) is 32.1. The maximum atomic E-state index is 13.5. The molecule has 5 amide bonds. The molecule has 264 valence electrons. The van der Waals surface area contributed by atoms with Crippen LogP contribution in [0.4, 0.5) is 0 Å². The van der Waals surface area contributed by atoms with Crippen molar-refractivity contribution in [1.29, 1.82) is 5.26 Å². The summed E-state index contributed by atoms with van der Waals surface area (Å²) >= 11 is 0. The van der Waals surface area contributed by atoms with E-state index in [2.05, 4.69) is 31.4 Å². The summed E-state index contributed by atoms with van der Waals surface area (Å²) in [6.07, 6.45) is 5.48. The standard InChI is InChI=1S/C31H47N9O8/c1-19(2)13-26(31(47)38-23(28(34)44)9-10-27(42)43)40-30(46)25(7-4-5-11-32)39-29(45)24(37-20(3)41)8-6-12-48-36-18-22-14-21(15-33)16-35-17-22/h14,16-19,23-26H,4-13,32H2,1-3H3,(H2,34,44)(H,37,41)(H,38,47)(H,39,45)(H,40,46)(H,42,43)/b36-18+/t23-,24-,25-,26-/m0/s1. The quantitative estimate of drug-likeness (QED) is 0.0444. The third-order valence-corrected chi connectivity index (χ3v) is 6.81. The zero-order chi connectivity index (χ0) is 36.1. The van der Waals surface area contributed by atoms with Crippen molar-refractivity contribution in [1.82, 2.24) is 26.3 Å². The van der Waals surface area contributed by atoms with E-state index in [0.717, 1.165) is 0 Å². The van der Waals surface area contributed by atoms with Gasteiger partial charge in [-0.3, -0.25) is 33.8 Å². The number of amides is 5. The van der Waals surface area contributed by atoms with Crippen LogP contribution in [-0.4, -0.2) is 89.1 Å². The van der Waals surface area contributed by atoms with Crippen molar-refractivity contribution in [2.75, 3.05) is 13.2 Å². The zero-order valence-corrected chi connectivity index (χ0v) is 27.6. The van der Waals surface area contributed by atoms with Crippen LogP contribution >= 0.6 is 0 Å². The number of carboxylic acid groups (broad SMARTS) is 1. The summed E-state index contributed by atoms with van der Waals surface area (Å²) in [5.41, 5.74) is 11.9. The van der Waals surface area contributed by atoms with Crippen molar-refractivity contribution in [2.24, 2.45) is 22.5 Å². The van der Waals surface area contributed by atoms with Crippen LogP contribution in [0.25, 0.3) is 0 Å². The molecule has 0 aliphatic heterocycles. The van der Waals surface area contributed by atoms with E-state index < -0.39 is 66.1 Å². The minimum atomic E-state index is -1.26. The van der Waals surface area contributed by atoms with Crippen molar-refractivity contribution >= 4 is 41.7 Å². The van der Waals surface area contributed by atoms with E-state index in [1.54, 1.807) is 6.07 Å². The number of aromatic nitrogens is 1. The Kier molecular flexibility index (Phi) is 19.1. The van der Waals surface area contributed by atoms with E-state index in [-0.39, 0.29) is 38.2 Å². The molecular formula is C31H47N9O8. The lowest BCUT2D eigenvalue weighted by Gasteiger charge is -2.27. The monoisotopic (exact) mass is 673 g/mol. The maximum absolute atomic E-state index is 13.5. The molecular weight excluding hydrogens is 626 g/mol. The molecule has 1 aromatic rings. The first-order valence-electron chi connectivity index (χ1n) is 15.7. The van der Waals surface area contributed by atoms with Crippen LogP contribution in [0.3, 0.4) is 0 Å². The Bertz CT molecular complexity index is 1310. The fraction of sp³-hybridized carbons (Fsp3) is 0.581. The number of rotatable bonds is 23. The van der Waals surface area contributed by atoms with Gasteiger partial charge < -0.3 is 42.7 Å². The van der Waals surface area contributed by atoms with Crippen LogP contribution < -0.4 is 32.7 Å². The highest BCUT2D eigenvalue weighted by Crippen LogP contribution is 2.10. The number of hydrogen-bond donors (Lipinski definition) is 7. The van der Waals surface area contributed by atoms with Crippen LogP contribution in [0, 0.1) is 17.2 Å². The number of unbranched alkanes of at least 4 members (excludes halogenated alkanes) is 1. The molecule has 48 heavy (non-hydrogen) atoms. The van der Waals surface area contributed by atoms with Crippen molar-refractivity contribution < 1.29 is 38.7 Å². The number of aliphatic carboxylic acids is 1. The third-order valence-electron chi connectivity index (χ3n) is 6.81. The number of nitriles is 1. The molecule has 0 unspecified atom stereocenters. The molecule has 0 aliphatic carbocycles. The number of nitrogens with zero attached hydrogens (tertiary/aromatic N) is 3. The Balaban J connectivity index is 2.97. The number of carbonyl (C=O) groups excluding carboxylic acids is 5. The molecule has 0 bridgehead atoms. The molecule has 0 aromatic carbocycles. The average Bonchev–Trinajstić information content (AvgIpc) is 3.02. The maximum Gasteiger partial charge on any atom is 0.303 e. The third kappa shape index (κ3) is 17.0. The number of nitrogens with two attached hydrogens (primary N) is 2. The molecule has 1 heterocycles. The Morgan fingerprint density at radius 1 is 0.938 bits per heavy atom. The number of hydrogen-bond acceptors (Lipinski definition) is 11. The van der Waals surface area contributed by atoms with E-state index in [9.17, 15) is 28.8 Å². The number of oxime groups is 1. The molecule has 4 atom stereocenters. The first-order valence-corrected chi connectivity index (χ1v) is 15.7. The second kappa shape index (κ2) is 22.4. The largest absolute Gasteiger partial charge is 0.481 e. The minimum Gasteiger partial charge on any atom is -0.481 e. The molecule has 17 nitrogen and oxygen atoms in total. The lowest BCUT2D eigenvalue weighted by Crippen LogP contribution is -2.58. The van der Waals surface area contributed by atoms with Gasteiger partial charge in [0, 0.05) is 31.3 Å². The van der Waals surface area contributed by atoms with Gasteiger partial charge in [-0.2, -0.15) is 5.26 Å². The van der Waals surface area contributed by atoms with Crippen LogP contribution in [0.5, 0.6) is 0 Å². The predicted molar refractivity (Wildman–Crippen MR) is 174 cm³/mol. The Morgan fingerprint density at radius 2 is 1.54 bits per heavy atom. The Morgan fingerprint density at radius 3 is 2.12 bits per heavy atom. The van der Waals surface area contributed by atoms with Gasteiger partial charge in [0.15, 0.2) is 0 Å². The first kappa shape index (κ1) is 40.9. The molecule has 9 N–H and O–H groups in total. The van der Waals surface area contributed by atoms with E-state index in [4.69, 9.17) is 26.7 Å². The summed E-state index contributed by atoms with van der Waals surface area (Å²) in [6, 6.07) is -0.952. The van der Waals surface area contributed by atoms with Gasteiger partial charge in [0.25, 0.3) is 0 Å². The highest BCUT2D eigenvalue weighted by molar-refractivity contribution is 5.95. The molecule has 1 rings (SSSR count). The van der Waals surface area contributed by atoms with Crippen molar-refractivity contribution in [3.05, 3.63) is 29.6 Å². The summed E-state index contributed by atoms with van der Waals surface area (Å²) in [6.45, 7) is 5.33. The predicted octanol–water partition coefficient (Wildman–Crippen LogP) is -0.432. The summed E-state index contributed by atoms with van der Waals surface area (Å²) in [7, 11) is 0. The van der Waals surface area contributed by atoms with Gasteiger partial charge in [-0.05, 0) is 63.5 Å². The fourth-order valence-corrected chi connectivity index (χ4v) is 4.44. The number of pyridine rings is 1. The number of carboxylic acids is 1. The highest BCUT2D eigenvalue weighted by Gasteiger charge is 2.31. The summed E-state index contributed by atoms with van der Waals surface area (Å²) in [4.78, 5) is 83.8. The van der Waals surface area contributed by atoms with Gasteiger partial charge in [0.2, 0.25) is 29.5 Å². The molecule has 17 heteroatoms. The van der Waals surface area contributed by atoms with E-state index in [0.29, 0.717) is 36.9 Å². The zero-order valence-electron chi connectivity index (χ0n) is 27.6. The van der Waals surface area contributed by atoms with Crippen molar-refractivity contribution in [3.8, 4) is 6.07 Å². The average molecular weight is 674 g/mol. The normalized spacial score (nSPS) is 13.4. The van der Waals surface area contributed by atoms with Gasteiger partial charge in [-0.15, -0.1) is 0 Å². The van der Waals surface area contributed by atoms with Gasteiger partial charge in [-0.1, -0.05) is 19.0 Å². The highest BCUT2D eigenvalue weighted by atomic mass is 16.6. The van der Waals surface area contributed by atoms with E-state index in [1.165, 1.54) is 25.5 Å². The number of nitrogens with one attached hydrogen (secondary N) is 4. The lowest BCUT2D eigenvalue weighted by atomic mass is 10.0. The van der Waals surface area contributed by atoms with Crippen molar-refractivity contribution in [2.45, 2.75) is 96.3 Å². The Labute approximate surface area is 279 Å². The number of primary amides is 1. The fourth-order valence-electron chi connectivity index (χ4n) is 4.44. The van der Waals surface area contributed by atoms with Crippen LogP contribution in [0.15, 0.2) is 23.6 Å². The van der Waals surface area contributed by atoms with E-state index in [1.807, 2.05) is 19.9 Å². The molecule has 1 aromatic heterocycles. The molecule has 0 radical (unpaired) electrons. The smallest absolute Gasteiger partial charge is 0.303 e. The molecule has 0 aliphatic rings. The summed E-state index contributed by atoms with van der Waals surface area (Å²) in [5.74, 6) is -4.67. The summed E-state index contributed by atoms with van der Waals surface area (Å²) < 4.78 is 0. The molecule has 0 saturated carbocycles. The van der Waals surface area contributed by atoms with Gasteiger partial charge >= 0.3 is 5.97 Å². The lowest BCUT2D eigenvalue weighted by molar-refractivity contribution is -0.138. The van der Waals surface area contributed by atoms with Gasteiger partial charge in [0.05, 0.1) is 11.8 Å². The minimum absolute atomic E-state index is 0.0764.